The molecule has 0 bridgehead atoms. The van der Waals surface area contributed by atoms with Crippen molar-refractivity contribution in [3.63, 3.8) is 0 Å². The molecule has 0 spiro atoms. The van der Waals surface area contributed by atoms with Crippen molar-refractivity contribution in [1.82, 2.24) is 15.8 Å². The summed E-state index contributed by atoms with van der Waals surface area (Å²) in [6.07, 6.45) is -0.823. The molecule has 0 fully saturated rings. The largest absolute Gasteiger partial charge is 0.481 e. The summed E-state index contributed by atoms with van der Waals surface area (Å²) in [5.74, 6) is -1.03. The Morgan fingerprint density at radius 3 is 2.45 bits per heavy atom. The maximum absolute atomic E-state index is 12.2. The van der Waals surface area contributed by atoms with Crippen LogP contribution in [0.5, 0.6) is 5.75 Å². The first kappa shape index (κ1) is 21.9. The van der Waals surface area contributed by atoms with Crippen LogP contribution in [0.25, 0.3) is 0 Å². The molecule has 2 N–H and O–H groups in total. The number of aromatic nitrogens is 1. The van der Waals surface area contributed by atoms with Crippen LogP contribution in [0.3, 0.4) is 0 Å². The molecule has 0 saturated carbocycles. The predicted octanol–water partition coefficient (Wildman–Crippen LogP) is 2.41. The first-order valence-corrected chi connectivity index (χ1v) is 9.22. The first-order chi connectivity index (χ1) is 13.7. The highest BCUT2D eigenvalue weighted by atomic mass is 16.5. The summed E-state index contributed by atoms with van der Waals surface area (Å²) >= 11 is 0. The molecule has 2 aromatic rings. The Morgan fingerprint density at radius 2 is 1.79 bits per heavy atom. The lowest BCUT2D eigenvalue weighted by atomic mass is 10.1. The summed E-state index contributed by atoms with van der Waals surface area (Å²) < 4.78 is 10.6. The highest BCUT2D eigenvalue weighted by Crippen LogP contribution is 2.21. The van der Waals surface area contributed by atoms with Gasteiger partial charge in [0.25, 0.3) is 11.8 Å². The second-order valence-corrected chi connectivity index (χ2v) is 6.45. The van der Waals surface area contributed by atoms with Crippen molar-refractivity contribution in [2.75, 3.05) is 6.61 Å². The zero-order chi connectivity index (χ0) is 21.6. The van der Waals surface area contributed by atoms with Crippen LogP contribution in [0.1, 0.15) is 51.5 Å². The smallest absolute Gasteiger partial charge is 0.339 e. The van der Waals surface area contributed by atoms with Crippen LogP contribution in [0.15, 0.2) is 30.3 Å². The number of aryl methyl sites for hydroxylation is 2. The van der Waals surface area contributed by atoms with Gasteiger partial charge in [-0.1, -0.05) is 12.1 Å². The first-order valence-electron chi connectivity index (χ1n) is 9.22. The van der Waals surface area contributed by atoms with Gasteiger partial charge >= 0.3 is 5.97 Å². The lowest BCUT2D eigenvalue weighted by Gasteiger charge is -2.17. The molecule has 1 aromatic carbocycles. The van der Waals surface area contributed by atoms with Gasteiger partial charge in [0, 0.05) is 0 Å². The third-order valence-corrected chi connectivity index (χ3v) is 4.34. The van der Waals surface area contributed by atoms with Crippen molar-refractivity contribution >= 4 is 17.8 Å². The van der Waals surface area contributed by atoms with Gasteiger partial charge in [0.1, 0.15) is 11.4 Å². The third kappa shape index (κ3) is 5.54. The number of carbonyl (C=O) groups excluding carboxylic acids is 3. The molecular weight excluding hydrogens is 374 g/mol. The lowest BCUT2D eigenvalue weighted by molar-refractivity contribution is -0.128. The number of amides is 2. The highest BCUT2D eigenvalue weighted by molar-refractivity contribution is 5.96. The number of nitrogens with zero attached hydrogens (tertiary/aromatic N) is 1. The van der Waals surface area contributed by atoms with E-state index in [2.05, 4.69) is 15.8 Å². The molecule has 0 aliphatic carbocycles. The molecular formula is C21H25N3O5. The second-order valence-electron chi connectivity index (χ2n) is 6.45. The molecule has 1 heterocycles. The topological polar surface area (TPSA) is 107 Å². The summed E-state index contributed by atoms with van der Waals surface area (Å²) in [5, 5.41) is 0. The van der Waals surface area contributed by atoms with Gasteiger partial charge in [-0.05, 0) is 63.9 Å². The Hall–Kier alpha value is -3.42. The number of hydrogen-bond donors (Lipinski definition) is 2. The number of pyridine rings is 1. The van der Waals surface area contributed by atoms with Crippen molar-refractivity contribution in [2.24, 2.45) is 0 Å². The minimum absolute atomic E-state index is 0.0546. The molecule has 1 atom stereocenters. The van der Waals surface area contributed by atoms with Gasteiger partial charge in [0.15, 0.2) is 6.10 Å². The van der Waals surface area contributed by atoms with Crippen LogP contribution in [0, 0.1) is 20.8 Å². The Kier molecular flexibility index (Phi) is 7.30. The van der Waals surface area contributed by atoms with Crippen LogP contribution < -0.4 is 15.6 Å². The summed E-state index contributed by atoms with van der Waals surface area (Å²) in [6, 6.07) is 8.43. The van der Waals surface area contributed by atoms with Crippen LogP contribution in [0.2, 0.25) is 0 Å². The number of rotatable bonds is 6. The molecule has 0 aliphatic heterocycles. The van der Waals surface area contributed by atoms with E-state index in [1.54, 1.807) is 26.8 Å². The van der Waals surface area contributed by atoms with Crippen LogP contribution in [0.4, 0.5) is 0 Å². The van der Waals surface area contributed by atoms with E-state index >= 15 is 0 Å². The molecule has 8 nitrogen and oxygen atoms in total. The fourth-order valence-corrected chi connectivity index (χ4v) is 2.49. The number of hydrazine groups is 1. The van der Waals surface area contributed by atoms with Crippen LogP contribution in [-0.4, -0.2) is 35.5 Å². The van der Waals surface area contributed by atoms with E-state index in [-0.39, 0.29) is 17.9 Å². The minimum Gasteiger partial charge on any atom is -0.481 e. The Bertz CT molecular complexity index is 927. The molecule has 0 saturated heterocycles. The Labute approximate surface area is 169 Å². The molecule has 0 aliphatic rings. The molecule has 8 heteroatoms. The monoisotopic (exact) mass is 399 g/mol. The third-order valence-electron chi connectivity index (χ3n) is 4.34. The van der Waals surface area contributed by atoms with Gasteiger partial charge in [0.2, 0.25) is 0 Å². The van der Waals surface area contributed by atoms with Crippen molar-refractivity contribution < 1.29 is 23.9 Å². The van der Waals surface area contributed by atoms with Crippen molar-refractivity contribution in [2.45, 2.75) is 40.7 Å². The SMILES string of the molecule is CCOC(=O)c1ccc(C(=O)NNC(=O)C(C)Oc2cccc(C)c2C)nc1C. The fourth-order valence-electron chi connectivity index (χ4n) is 2.49. The van der Waals surface area contributed by atoms with E-state index in [0.29, 0.717) is 11.4 Å². The van der Waals surface area contributed by atoms with Crippen molar-refractivity contribution in [1.29, 1.82) is 0 Å². The molecule has 1 unspecified atom stereocenters. The van der Waals surface area contributed by atoms with Crippen molar-refractivity contribution in [3.05, 3.63) is 58.4 Å². The summed E-state index contributed by atoms with van der Waals surface area (Å²) in [4.78, 5) is 40.4. The molecule has 29 heavy (non-hydrogen) atoms. The summed E-state index contributed by atoms with van der Waals surface area (Å²) in [5.41, 5.74) is 7.30. The lowest BCUT2D eigenvalue weighted by Crippen LogP contribution is -2.47. The standard InChI is InChI=1S/C21H25N3O5/c1-6-28-21(27)16-10-11-17(22-14(16)4)20(26)24-23-19(25)15(5)29-18-9-7-8-12(2)13(18)3/h7-11,15H,6H2,1-5H3,(H,23,25)(H,24,26). The van der Waals surface area contributed by atoms with E-state index in [9.17, 15) is 14.4 Å². The predicted molar refractivity (Wildman–Crippen MR) is 107 cm³/mol. The number of ether oxygens (including phenoxy) is 2. The normalized spacial score (nSPS) is 11.3. The van der Waals surface area contributed by atoms with Gasteiger partial charge in [-0.2, -0.15) is 0 Å². The van der Waals surface area contributed by atoms with Gasteiger partial charge in [-0.25, -0.2) is 9.78 Å². The summed E-state index contributed by atoms with van der Waals surface area (Å²) in [7, 11) is 0. The molecule has 1 aromatic heterocycles. The minimum atomic E-state index is -0.823. The van der Waals surface area contributed by atoms with Gasteiger partial charge < -0.3 is 9.47 Å². The number of nitrogens with one attached hydrogen (secondary N) is 2. The fraction of sp³-hybridized carbons (Fsp3) is 0.333. The number of benzene rings is 1. The van der Waals surface area contributed by atoms with Gasteiger partial charge in [-0.3, -0.25) is 20.4 Å². The molecule has 154 valence electrons. The molecule has 0 radical (unpaired) electrons. The molecule has 2 amide bonds. The van der Waals surface area contributed by atoms with Crippen molar-refractivity contribution in [3.8, 4) is 5.75 Å². The number of hydrogen-bond acceptors (Lipinski definition) is 6. The average molecular weight is 399 g/mol. The van der Waals surface area contributed by atoms with E-state index in [4.69, 9.17) is 9.47 Å². The zero-order valence-electron chi connectivity index (χ0n) is 17.2. The average Bonchev–Trinajstić information content (AvgIpc) is 2.69. The molecule has 2 rings (SSSR count). The van der Waals surface area contributed by atoms with E-state index < -0.39 is 23.9 Å². The summed E-state index contributed by atoms with van der Waals surface area (Å²) in [6.45, 7) is 8.99. The van der Waals surface area contributed by atoms with Gasteiger partial charge in [0.05, 0.1) is 17.9 Å². The van der Waals surface area contributed by atoms with E-state index in [0.717, 1.165) is 11.1 Å². The number of esters is 1. The quantitative estimate of drug-likeness (QED) is 0.571. The Balaban J connectivity index is 1.95. The number of carbonyl (C=O) groups is 3. The van der Waals surface area contributed by atoms with Crippen LogP contribution in [-0.2, 0) is 9.53 Å². The Morgan fingerprint density at radius 1 is 1.07 bits per heavy atom. The maximum atomic E-state index is 12.2. The van der Waals surface area contributed by atoms with E-state index in [1.807, 2.05) is 26.0 Å². The maximum Gasteiger partial charge on any atom is 0.339 e. The van der Waals surface area contributed by atoms with Gasteiger partial charge in [-0.15, -0.1) is 0 Å². The second kappa shape index (κ2) is 9.68. The highest BCUT2D eigenvalue weighted by Gasteiger charge is 2.19. The van der Waals surface area contributed by atoms with Crippen LogP contribution >= 0.6 is 0 Å². The zero-order valence-corrected chi connectivity index (χ0v) is 17.2. The van der Waals surface area contributed by atoms with E-state index in [1.165, 1.54) is 12.1 Å².